The van der Waals surface area contributed by atoms with Crippen LogP contribution in [0.4, 0.5) is 13.6 Å². The van der Waals surface area contributed by atoms with Gasteiger partial charge in [0.15, 0.2) is 5.78 Å². The van der Waals surface area contributed by atoms with E-state index in [2.05, 4.69) is 10.6 Å². The lowest BCUT2D eigenvalue weighted by Gasteiger charge is -2.24. The first kappa shape index (κ1) is 33.1. The van der Waals surface area contributed by atoms with Crippen LogP contribution in [0.5, 0.6) is 0 Å². The van der Waals surface area contributed by atoms with Crippen molar-refractivity contribution in [3.63, 3.8) is 0 Å². The highest BCUT2D eigenvalue weighted by Gasteiger charge is 2.39. The van der Waals surface area contributed by atoms with Crippen LogP contribution < -0.4 is 10.6 Å². The number of furan rings is 1. The van der Waals surface area contributed by atoms with E-state index in [1.165, 1.54) is 11.0 Å². The quantitative estimate of drug-likeness (QED) is 0.197. The van der Waals surface area contributed by atoms with E-state index >= 15 is 0 Å². The molecule has 2 amide bonds. The smallest absolute Gasteiger partial charge is 0.407 e. The number of hydrogen-bond donors (Lipinski definition) is 2. The van der Waals surface area contributed by atoms with E-state index in [1.807, 2.05) is 36.4 Å². The molecule has 2 atom stereocenters. The maximum atomic E-state index is 14.6. The number of amides is 2. The average Bonchev–Trinajstić information content (AvgIpc) is 3.64. The summed E-state index contributed by atoms with van der Waals surface area (Å²) in [5.74, 6) is -1.29. The third-order valence-electron chi connectivity index (χ3n) is 7.63. The van der Waals surface area contributed by atoms with E-state index in [1.54, 1.807) is 45.2 Å². The molecule has 2 heterocycles. The van der Waals surface area contributed by atoms with Gasteiger partial charge in [-0.05, 0) is 67.8 Å². The third-order valence-corrected chi connectivity index (χ3v) is 7.92. The molecule has 1 aliphatic heterocycles. The number of ketones is 1. The molecule has 0 unspecified atom stereocenters. The Balaban J connectivity index is 1.28. The van der Waals surface area contributed by atoms with Crippen LogP contribution in [0, 0.1) is 5.82 Å². The van der Waals surface area contributed by atoms with Gasteiger partial charge >= 0.3 is 6.09 Å². The van der Waals surface area contributed by atoms with Crippen LogP contribution in [0.1, 0.15) is 43.9 Å². The number of Topliss-reactive ketones (excluding diaryl/α,β-unsaturated/α-hetero) is 1. The average molecular weight is 652 g/mol. The summed E-state index contributed by atoms with van der Waals surface area (Å²) >= 11 is 5.83. The summed E-state index contributed by atoms with van der Waals surface area (Å²) in [4.78, 5) is 40.1. The fraction of sp³-hybridized carbons (Fsp3) is 0.343. The van der Waals surface area contributed by atoms with Gasteiger partial charge < -0.3 is 24.7 Å². The monoisotopic (exact) mass is 651 g/mol. The molecule has 4 aromatic rings. The van der Waals surface area contributed by atoms with Gasteiger partial charge in [-0.25, -0.2) is 13.6 Å². The Labute approximate surface area is 271 Å². The number of carbonyl (C=O) groups is 3. The van der Waals surface area contributed by atoms with E-state index in [-0.39, 0.29) is 55.7 Å². The van der Waals surface area contributed by atoms with Crippen molar-refractivity contribution in [3.8, 4) is 11.1 Å². The van der Waals surface area contributed by atoms with Crippen LogP contribution in [-0.4, -0.2) is 53.6 Å². The number of fused-ring (bicyclic) bond motifs is 1. The Morgan fingerprint density at radius 1 is 1.04 bits per heavy atom. The zero-order chi connectivity index (χ0) is 33.0. The van der Waals surface area contributed by atoms with Crippen molar-refractivity contribution in [3.05, 3.63) is 94.5 Å². The molecule has 46 heavy (non-hydrogen) atoms. The number of rotatable bonds is 10. The summed E-state index contributed by atoms with van der Waals surface area (Å²) in [6.07, 6.45) is -0.419. The molecule has 242 valence electrons. The van der Waals surface area contributed by atoms with Gasteiger partial charge in [0.2, 0.25) is 5.91 Å². The second kappa shape index (κ2) is 14.0. The summed E-state index contributed by atoms with van der Waals surface area (Å²) in [6, 6.07) is 16.8. The number of halogens is 3. The molecule has 3 aromatic carbocycles. The molecule has 0 saturated carbocycles. The number of carbonyl (C=O) groups excluding carboxylic acids is 3. The van der Waals surface area contributed by atoms with Crippen LogP contribution >= 0.6 is 11.6 Å². The van der Waals surface area contributed by atoms with E-state index in [0.29, 0.717) is 16.7 Å². The van der Waals surface area contributed by atoms with Gasteiger partial charge in [-0.2, -0.15) is 0 Å². The molecule has 11 heteroatoms. The van der Waals surface area contributed by atoms with Gasteiger partial charge in [-0.1, -0.05) is 41.9 Å². The lowest BCUT2D eigenvalue weighted by molar-refractivity contribution is -0.136. The Hall–Kier alpha value is -4.28. The van der Waals surface area contributed by atoms with Crippen molar-refractivity contribution in [1.29, 1.82) is 0 Å². The summed E-state index contributed by atoms with van der Waals surface area (Å²) < 4.78 is 39.9. The zero-order valence-electron chi connectivity index (χ0n) is 25.9. The first-order valence-electron chi connectivity index (χ1n) is 15.0. The molecule has 0 spiro atoms. The van der Waals surface area contributed by atoms with Gasteiger partial charge in [0.05, 0.1) is 36.8 Å². The Morgan fingerprint density at radius 2 is 1.83 bits per heavy atom. The van der Waals surface area contributed by atoms with Crippen molar-refractivity contribution in [1.82, 2.24) is 15.5 Å². The van der Waals surface area contributed by atoms with Crippen molar-refractivity contribution in [2.75, 3.05) is 13.1 Å². The normalized spacial score (nSPS) is 16.5. The maximum absolute atomic E-state index is 14.6. The number of nitrogens with one attached hydrogen (secondary N) is 2. The first-order valence-corrected chi connectivity index (χ1v) is 15.4. The fourth-order valence-corrected chi connectivity index (χ4v) is 5.76. The van der Waals surface area contributed by atoms with Gasteiger partial charge in [0.25, 0.3) is 0 Å². The zero-order valence-corrected chi connectivity index (χ0v) is 26.6. The summed E-state index contributed by atoms with van der Waals surface area (Å²) in [6.45, 7) is 5.36. The Bertz CT molecular complexity index is 1750. The van der Waals surface area contributed by atoms with E-state index in [0.717, 1.165) is 22.1 Å². The lowest BCUT2D eigenvalue weighted by Crippen LogP contribution is -2.44. The topological polar surface area (TPSA) is 101 Å². The third kappa shape index (κ3) is 8.10. The number of benzene rings is 3. The van der Waals surface area contributed by atoms with Gasteiger partial charge in [0.1, 0.15) is 23.2 Å². The Kier molecular flexibility index (Phi) is 10.1. The molecule has 0 aliphatic carbocycles. The van der Waals surface area contributed by atoms with Crippen molar-refractivity contribution >= 4 is 40.4 Å². The fourth-order valence-electron chi connectivity index (χ4n) is 5.56. The van der Waals surface area contributed by atoms with Crippen LogP contribution in [0.3, 0.4) is 0 Å². The molecule has 5 rings (SSSR count). The van der Waals surface area contributed by atoms with E-state index in [9.17, 15) is 23.2 Å². The standard InChI is InChI=1S/C35H36ClF2N3O5/c1-35(2,3)46-34(44)40-17-21-6-4-7-23(12-21)27-14-22(13-24-10-11-45-33(24)27)15-31(43)41-20-26(37)16-29(41)30(42)19-39-18-25-8-5-9-28(36)32(25)38/h4-14,26,29,39H,15-20H2,1-3H3,(H,40,44)/t26-,29+/m1/s1. The molecule has 1 aromatic heterocycles. The maximum Gasteiger partial charge on any atom is 0.407 e. The first-order chi connectivity index (χ1) is 21.9. The van der Waals surface area contributed by atoms with Crippen LogP contribution in [0.2, 0.25) is 5.02 Å². The molecule has 1 saturated heterocycles. The lowest BCUT2D eigenvalue weighted by atomic mass is 9.97. The molecule has 8 nitrogen and oxygen atoms in total. The van der Waals surface area contributed by atoms with Gasteiger partial charge in [-0.3, -0.25) is 9.59 Å². The van der Waals surface area contributed by atoms with Crippen LogP contribution in [-0.2, 0) is 33.8 Å². The number of alkyl halides is 1. The molecular weight excluding hydrogens is 616 g/mol. The molecule has 1 aliphatic rings. The summed E-state index contributed by atoms with van der Waals surface area (Å²) in [7, 11) is 0. The number of likely N-dealkylation sites (tertiary alicyclic amines) is 1. The minimum absolute atomic E-state index is 0.0156. The van der Waals surface area contributed by atoms with Crippen molar-refractivity contribution < 1.29 is 32.3 Å². The molecule has 1 fully saturated rings. The highest BCUT2D eigenvalue weighted by Crippen LogP contribution is 2.32. The van der Waals surface area contributed by atoms with Gasteiger partial charge in [0, 0.05) is 36.0 Å². The molecule has 0 radical (unpaired) electrons. The van der Waals surface area contributed by atoms with Gasteiger partial charge in [-0.15, -0.1) is 0 Å². The number of hydrogen-bond acceptors (Lipinski definition) is 6. The number of ether oxygens (including phenoxy) is 1. The highest BCUT2D eigenvalue weighted by molar-refractivity contribution is 6.30. The molecule has 2 N–H and O–H groups in total. The number of nitrogens with zero attached hydrogens (tertiary/aromatic N) is 1. The highest BCUT2D eigenvalue weighted by atomic mass is 35.5. The second-order valence-corrected chi connectivity index (χ2v) is 12.8. The van der Waals surface area contributed by atoms with Crippen LogP contribution in [0.25, 0.3) is 22.1 Å². The SMILES string of the molecule is CC(C)(C)OC(=O)NCc1cccc(-c2cc(CC(=O)N3C[C@H](F)C[C@H]3C(=O)CNCc3cccc(Cl)c3F)cc3ccoc23)c1. The van der Waals surface area contributed by atoms with Crippen molar-refractivity contribution in [2.45, 2.75) is 64.5 Å². The predicted molar refractivity (Wildman–Crippen MR) is 172 cm³/mol. The minimum Gasteiger partial charge on any atom is -0.464 e. The molecular formula is C35H36ClF2N3O5. The second-order valence-electron chi connectivity index (χ2n) is 12.4. The summed E-state index contributed by atoms with van der Waals surface area (Å²) in [5, 5.41) is 6.42. The minimum atomic E-state index is -1.33. The van der Waals surface area contributed by atoms with E-state index in [4.69, 9.17) is 20.8 Å². The van der Waals surface area contributed by atoms with Crippen LogP contribution in [0.15, 0.2) is 71.3 Å². The largest absolute Gasteiger partial charge is 0.464 e. The Morgan fingerprint density at radius 3 is 2.61 bits per heavy atom. The summed E-state index contributed by atoms with van der Waals surface area (Å²) in [5.41, 5.74) is 3.40. The number of alkyl carbamates (subject to hydrolysis) is 1. The molecule has 0 bridgehead atoms. The van der Waals surface area contributed by atoms with Crippen molar-refractivity contribution in [2.24, 2.45) is 0 Å². The van der Waals surface area contributed by atoms with E-state index < -0.39 is 29.7 Å². The predicted octanol–water partition coefficient (Wildman–Crippen LogP) is 6.76.